The fourth-order valence-corrected chi connectivity index (χ4v) is 2.31. The lowest BCUT2D eigenvalue weighted by molar-refractivity contribution is 0.0998. The van der Waals surface area contributed by atoms with Gasteiger partial charge in [0, 0.05) is 18.0 Å². The minimum absolute atomic E-state index is 0.265. The number of hydrogen-bond donors (Lipinski definition) is 1. The largest absolute Gasteiger partial charge is 0.449 e. The van der Waals surface area contributed by atoms with Crippen molar-refractivity contribution in [1.29, 1.82) is 0 Å². The maximum Gasteiger partial charge on any atom is 0.291 e. The zero-order valence-electron chi connectivity index (χ0n) is 12.5. The number of hydrogen-bond acceptors (Lipinski definition) is 3. The van der Waals surface area contributed by atoms with Gasteiger partial charge < -0.3 is 9.73 Å². The summed E-state index contributed by atoms with van der Waals surface area (Å²) in [5, 5.41) is 2.84. The highest BCUT2D eigenvalue weighted by Gasteiger charge is 2.12. The highest BCUT2D eigenvalue weighted by atomic mass is 16.3. The molecule has 1 aromatic carbocycles. The highest BCUT2D eigenvalue weighted by molar-refractivity contribution is 6.04. The molecule has 0 aliphatic carbocycles. The molecule has 3 rings (SSSR count). The van der Waals surface area contributed by atoms with Gasteiger partial charge in [-0.15, -0.1) is 0 Å². The number of carbonyl (C=O) groups excluding carboxylic acids is 1. The van der Waals surface area contributed by atoms with Crippen LogP contribution < -0.4 is 5.32 Å². The summed E-state index contributed by atoms with van der Waals surface area (Å²) < 4.78 is 5.50. The normalized spacial score (nSPS) is 10.8. The zero-order valence-corrected chi connectivity index (χ0v) is 12.5. The number of nitrogens with one attached hydrogen (secondary N) is 1. The number of rotatable bonds is 5. The smallest absolute Gasteiger partial charge is 0.291 e. The molecule has 0 saturated heterocycles. The number of carbonyl (C=O) groups is 1. The molecule has 0 aliphatic heterocycles. The van der Waals surface area contributed by atoms with Crippen LogP contribution in [0.1, 0.15) is 35.9 Å². The summed E-state index contributed by atoms with van der Waals surface area (Å²) in [5.41, 5.74) is 3.34. The van der Waals surface area contributed by atoms with Crippen molar-refractivity contribution in [3.05, 3.63) is 60.0 Å². The molecule has 0 spiro atoms. The van der Waals surface area contributed by atoms with Crippen molar-refractivity contribution in [1.82, 2.24) is 4.98 Å². The molecule has 1 amide bonds. The monoisotopic (exact) mass is 294 g/mol. The van der Waals surface area contributed by atoms with E-state index in [4.69, 9.17) is 4.42 Å². The standard InChI is InChI=1S/C18H18N2O2/c1-2-3-5-13-7-9-14(10-8-13)20-18(21)17-12-15-16(22-17)6-4-11-19-15/h4,6-12H,2-3,5H2,1H3,(H,20,21). The molecule has 0 atom stereocenters. The molecule has 0 bridgehead atoms. The molecule has 1 N–H and O–H groups in total. The molecule has 4 nitrogen and oxygen atoms in total. The van der Waals surface area contributed by atoms with Crippen molar-refractivity contribution < 1.29 is 9.21 Å². The van der Waals surface area contributed by atoms with Gasteiger partial charge in [0.1, 0.15) is 5.52 Å². The van der Waals surface area contributed by atoms with Crippen molar-refractivity contribution in [2.45, 2.75) is 26.2 Å². The van der Waals surface area contributed by atoms with Gasteiger partial charge in [-0.1, -0.05) is 25.5 Å². The summed E-state index contributed by atoms with van der Waals surface area (Å²) in [5.74, 6) is 0.00284. The molecule has 0 unspecified atom stereocenters. The number of amides is 1. The third kappa shape index (κ3) is 3.17. The maximum atomic E-state index is 12.2. The first kappa shape index (κ1) is 14.3. The first-order valence-electron chi connectivity index (χ1n) is 7.51. The van der Waals surface area contributed by atoms with Gasteiger partial charge in [-0.3, -0.25) is 9.78 Å². The number of pyridine rings is 1. The first-order valence-corrected chi connectivity index (χ1v) is 7.51. The zero-order chi connectivity index (χ0) is 15.4. The number of aromatic nitrogens is 1. The number of furan rings is 1. The van der Waals surface area contributed by atoms with E-state index >= 15 is 0 Å². The van der Waals surface area contributed by atoms with Crippen molar-refractivity contribution in [2.24, 2.45) is 0 Å². The van der Waals surface area contributed by atoms with E-state index in [1.54, 1.807) is 24.4 Å². The van der Waals surface area contributed by atoms with Gasteiger partial charge in [0.25, 0.3) is 5.91 Å². The van der Waals surface area contributed by atoms with Crippen molar-refractivity contribution in [3.8, 4) is 0 Å². The predicted octanol–water partition coefficient (Wildman–Crippen LogP) is 4.42. The predicted molar refractivity (Wildman–Crippen MR) is 87.0 cm³/mol. The van der Waals surface area contributed by atoms with Crippen LogP contribution in [0.5, 0.6) is 0 Å². The highest BCUT2D eigenvalue weighted by Crippen LogP contribution is 2.18. The third-order valence-corrected chi connectivity index (χ3v) is 3.54. The summed E-state index contributed by atoms with van der Waals surface area (Å²) in [7, 11) is 0. The molecule has 3 aromatic rings. The van der Waals surface area contributed by atoms with Gasteiger partial charge >= 0.3 is 0 Å². The fraction of sp³-hybridized carbons (Fsp3) is 0.222. The second-order valence-electron chi connectivity index (χ2n) is 5.25. The molecular weight excluding hydrogens is 276 g/mol. The van der Waals surface area contributed by atoms with Crippen LogP contribution in [0.2, 0.25) is 0 Å². The summed E-state index contributed by atoms with van der Waals surface area (Å²) in [6, 6.07) is 13.2. The Labute approximate surface area is 129 Å². The number of aryl methyl sites for hydroxylation is 1. The Kier molecular flexibility index (Phi) is 4.19. The lowest BCUT2D eigenvalue weighted by Crippen LogP contribution is -2.10. The van der Waals surface area contributed by atoms with Gasteiger partial charge in [-0.25, -0.2) is 0 Å². The lowest BCUT2D eigenvalue weighted by Gasteiger charge is -2.05. The van der Waals surface area contributed by atoms with Crippen LogP contribution >= 0.6 is 0 Å². The molecule has 2 aromatic heterocycles. The Morgan fingerprint density at radius 2 is 2.05 bits per heavy atom. The van der Waals surface area contributed by atoms with Gasteiger partial charge in [-0.05, 0) is 42.7 Å². The maximum absolute atomic E-state index is 12.2. The summed E-state index contributed by atoms with van der Waals surface area (Å²) in [6.07, 6.45) is 5.10. The van der Waals surface area contributed by atoms with E-state index in [9.17, 15) is 4.79 Å². The molecule has 0 radical (unpaired) electrons. The van der Waals surface area contributed by atoms with Crippen LogP contribution in [-0.4, -0.2) is 10.9 Å². The number of fused-ring (bicyclic) bond motifs is 1. The molecule has 0 fully saturated rings. The summed E-state index contributed by atoms with van der Waals surface area (Å²) in [6.45, 7) is 2.18. The van der Waals surface area contributed by atoms with Gasteiger partial charge in [0.05, 0.1) is 0 Å². The molecule has 0 aliphatic rings. The van der Waals surface area contributed by atoms with E-state index in [1.807, 2.05) is 24.3 Å². The Balaban J connectivity index is 1.70. The Morgan fingerprint density at radius 3 is 2.77 bits per heavy atom. The van der Waals surface area contributed by atoms with E-state index in [0.717, 1.165) is 12.1 Å². The average Bonchev–Trinajstić information content (AvgIpc) is 2.98. The van der Waals surface area contributed by atoms with Gasteiger partial charge in [0.2, 0.25) is 0 Å². The fourth-order valence-electron chi connectivity index (χ4n) is 2.31. The average molecular weight is 294 g/mol. The second-order valence-corrected chi connectivity index (χ2v) is 5.25. The lowest BCUT2D eigenvalue weighted by atomic mass is 10.1. The Morgan fingerprint density at radius 1 is 1.23 bits per heavy atom. The number of nitrogens with zero attached hydrogens (tertiary/aromatic N) is 1. The molecule has 0 saturated carbocycles. The quantitative estimate of drug-likeness (QED) is 0.757. The molecule has 22 heavy (non-hydrogen) atoms. The van der Waals surface area contributed by atoms with Gasteiger partial charge in [0.15, 0.2) is 11.3 Å². The van der Waals surface area contributed by atoms with Crippen LogP contribution in [0, 0.1) is 0 Å². The topological polar surface area (TPSA) is 55.1 Å². The number of anilines is 1. The van der Waals surface area contributed by atoms with Crippen molar-refractivity contribution in [2.75, 3.05) is 5.32 Å². The van der Waals surface area contributed by atoms with E-state index < -0.39 is 0 Å². The van der Waals surface area contributed by atoms with Crippen LogP contribution in [0.25, 0.3) is 11.1 Å². The first-order chi connectivity index (χ1) is 10.8. The Hall–Kier alpha value is -2.62. The second kappa shape index (κ2) is 6.43. The molecule has 4 heteroatoms. The SMILES string of the molecule is CCCCc1ccc(NC(=O)c2cc3ncccc3o2)cc1. The minimum Gasteiger partial charge on any atom is -0.449 e. The minimum atomic E-state index is -0.265. The van der Waals surface area contributed by atoms with E-state index in [1.165, 1.54) is 18.4 Å². The molecule has 2 heterocycles. The van der Waals surface area contributed by atoms with Gasteiger partial charge in [-0.2, -0.15) is 0 Å². The van der Waals surface area contributed by atoms with Crippen molar-refractivity contribution >= 4 is 22.7 Å². The molecule has 112 valence electrons. The number of unbranched alkanes of at least 4 members (excludes halogenated alkanes) is 1. The van der Waals surface area contributed by atoms with E-state index in [0.29, 0.717) is 11.1 Å². The molecular formula is C18H18N2O2. The van der Waals surface area contributed by atoms with E-state index in [2.05, 4.69) is 17.2 Å². The summed E-state index contributed by atoms with van der Waals surface area (Å²) >= 11 is 0. The summed E-state index contributed by atoms with van der Waals surface area (Å²) in [4.78, 5) is 16.4. The van der Waals surface area contributed by atoms with Crippen LogP contribution in [0.3, 0.4) is 0 Å². The van der Waals surface area contributed by atoms with Crippen molar-refractivity contribution in [3.63, 3.8) is 0 Å². The third-order valence-electron chi connectivity index (χ3n) is 3.54. The van der Waals surface area contributed by atoms with Crippen LogP contribution in [-0.2, 0) is 6.42 Å². The van der Waals surface area contributed by atoms with Crippen LogP contribution in [0.15, 0.2) is 53.1 Å². The number of benzene rings is 1. The van der Waals surface area contributed by atoms with E-state index in [-0.39, 0.29) is 11.7 Å². The van der Waals surface area contributed by atoms with Crippen LogP contribution in [0.4, 0.5) is 5.69 Å². The Bertz CT molecular complexity index is 742.